The van der Waals surface area contributed by atoms with E-state index < -0.39 is 0 Å². The lowest BCUT2D eigenvalue weighted by molar-refractivity contribution is 0.151. The lowest BCUT2D eigenvalue weighted by Gasteiger charge is -2.35. The third-order valence-electron chi connectivity index (χ3n) is 4.51. The van der Waals surface area contributed by atoms with E-state index >= 15 is 0 Å². The molecule has 2 aliphatic rings. The predicted molar refractivity (Wildman–Crippen MR) is 72.1 cm³/mol. The Morgan fingerprint density at radius 1 is 1.24 bits per heavy atom. The summed E-state index contributed by atoms with van der Waals surface area (Å²) in [5, 5.41) is 3.73. The van der Waals surface area contributed by atoms with E-state index in [0.717, 1.165) is 18.4 Å². The minimum absolute atomic E-state index is 0.251. The van der Waals surface area contributed by atoms with Gasteiger partial charge in [-0.3, -0.25) is 0 Å². The number of nitrogens with one attached hydrogen (secondary N) is 1. The number of methoxy groups -OCH3 is 1. The monoisotopic (exact) mass is 239 g/mol. The molecular weight excluding hydrogens is 210 g/mol. The summed E-state index contributed by atoms with van der Waals surface area (Å²) in [4.78, 5) is 0. The fraction of sp³-hybridized carbons (Fsp3) is 1.00. The number of hydrogen-bond donors (Lipinski definition) is 1. The second kappa shape index (κ2) is 4.89. The first-order valence-corrected chi connectivity index (χ1v) is 7.18. The third-order valence-corrected chi connectivity index (χ3v) is 4.51. The molecule has 17 heavy (non-hydrogen) atoms. The van der Waals surface area contributed by atoms with E-state index in [1.54, 1.807) is 0 Å². The molecule has 0 amide bonds. The molecule has 0 aliphatic heterocycles. The summed E-state index contributed by atoms with van der Waals surface area (Å²) in [6.45, 7) is 8.93. The molecule has 2 atom stereocenters. The Labute approximate surface area is 107 Å². The van der Waals surface area contributed by atoms with Crippen molar-refractivity contribution in [2.45, 2.75) is 58.4 Å². The van der Waals surface area contributed by atoms with Gasteiger partial charge < -0.3 is 10.1 Å². The Bertz CT molecular complexity index is 246. The largest absolute Gasteiger partial charge is 0.385 e. The van der Waals surface area contributed by atoms with Gasteiger partial charge in [0, 0.05) is 25.8 Å². The lowest BCUT2D eigenvalue weighted by Crippen LogP contribution is -2.43. The molecule has 2 aliphatic carbocycles. The highest BCUT2D eigenvalue weighted by Crippen LogP contribution is 2.61. The SMILES string of the molecule is COCCCC1(CNC(C)(C)C)CC2CC2C1. The molecule has 2 unspecified atom stereocenters. The van der Waals surface area contributed by atoms with Crippen LogP contribution < -0.4 is 5.32 Å². The normalized spacial score (nSPS) is 36.0. The number of ether oxygens (including phenoxy) is 1. The van der Waals surface area contributed by atoms with Crippen LogP contribution in [0, 0.1) is 17.3 Å². The molecule has 0 aromatic carbocycles. The third kappa shape index (κ3) is 3.69. The van der Waals surface area contributed by atoms with Crippen molar-refractivity contribution >= 4 is 0 Å². The lowest BCUT2D eigenvalue weighted by atomic mass is 9.78. The molecule has 0 bridgehead atoms. The molecule has 0 heterocycles. The standard InChI is InChI=1S/C15H29NO/c1-14(2,3)16-11-15(6-5-7-17-4)9-12-8-13(12)10-15/h12-13,16H,5-11H2,1-4H3. The summed E-state index contributed by atoms with van der Waals surface area (Å²) in [5.74, 6) is 2.14. The Kier molecular flexibility index (Phi) is 3.84. The molecular formula is C15H29NO. The summed E-state index contributed by atoms with van der Waals surface area (Å²) in [6, 6.07) is 0. The van der Waals surface area contributed by atoms with Gasteiger partial charge in [-0.25, -0.2) is 0 Å². The molecule has 0 radical (unpaired) electrons. The Balaban J connectivity index is 1.84. The molecule has 0 aromatic heterocycles. The Hall–Kier alpha value is -0.0800. The number of rotatable bonds is 6. The molecule has 2 saturated carbocycles. The fourth-order valence-electron chi connectivity index (χ4n) is 3.49. The van der Waals surface area contributed by atoms with E-state index in [-0.39, 0.29) is 5.54 Å². The quantitative estimate of drug-likeness (QED) is 0.719. The average molecular weight is 239 g/mol. The van der Waals surface area contributed by atoms with E-state index in [2.05, 4.69) is 26.1 Å². The molecule has 2 rings (SSSR count). The van der Waals surface area contributed by atoms with E-state index in [0.29, 0.717) is 5.41 Å². The van der Waals surface area contributed by atoms with Gasteiger partial charge in [-0.15, -0.1) is 0 Å². The maximum absolute atomic E-state index is 5.21. The Morgan fingerprint density at radius 2 is 1.88 bits per heavy atom. The van der Waals surface area contributed by atoms with Crippen LogP contribution >= 0.6 is 0 Å². The van der Waals surface area contributed by atoms with Crippen molar-refractivity contribution in [1.29, 1.82) is 0 Å². The maximum atomic E-state index is 5.21. The fourth-order valence-corrected chi connectivity index (χ4v) is 3.49. The van der Waals surface area contributed by atoms with Crippen LogP contribution in [0.2, 0.25) is 0 Å². The average Bonchev–Trinajstić information content (AvgIpc) is 2.84. The van der Waals surface area contributed by atoms with Crippen LogP contribution in [-0.2, 0) is 4.74 Å². The van der Waals surface area contributed by atoms with Crippen molar-refractivity contribution in [3.8, 4) is 0 Å². The van der Waals surface area contributed by atoms with Gasteiger partial charge in [0.15, 0.2) is 0 Å². The van der Waals surface area contributed by atoms with Gasteiger partial charge in [-0.05, 0) is 70.1 Å². The second-order valence-corrected chi connectivity index (χ2v) is 7.36. The molecule has 0 aromatic rings. The highest BCUT2D eigenvalue weighted by atomic mass is 16.5. The summed E-state index contributed by atoms with van der Waals surface area (Å²) >= 11 is 0. The molecule has 2 heteroatoms. The first-order valence-electron chi connectivity index (χ1n) is 7.18. The van der Waals surface area contributed by atoms with Crippen LogP contribution in [0.5, 0.6) is 0 Å². The second-order valence-electron chi connectivity index (χ2n) is 7.36. The molecule has 0 spiro atoms. The van der Waals surface area contributed by atoms with Crippen LogP contribution in [0.3, 0.4) is 0 Å². The van der Waals surface area contributed by atoms with Crippen LogP contribution in [0.1, 0.15) is 52.9 Å². The van der Waals surface area contributed by atoms with Crippen LogP contribution in [0.25, 0.3) is 0 Å². The van der Waals surface area contributed by atoms with Crippen molar-refractivity contribution in [2.24, 2.45) is 17.3 Å². The van der Waals surface area contributed by atoms with Gasteiger partial charge in [-0.1, -0.05) is 0 Å². The van der Waals surface area contributed by atoms with E-state index in [9.17, 15) is 0 Å². The maximum Gasteiger partial charge on any atom is 0.0462 e. The summed E-state index contributed by atoms with van der Waals surface area (Å²) < 4.78 is 5.21. The van der Waals surface area contributed by atoms with Gasteiger partial charge >= 0.3 is 0 Å². The smallest absolute Gasteiger partial charge is 0.0462 e. The first-order chi connectivity index (χ1) is 7.94. The van der Waals surface area contributed by atoms with Crippen molar-refractivity contribution < 1.29 is 4.74 Å². The molecule has 1 N–H and O–H groups in total. The van der Waals surface area contributed by atoms with E-state index in [1.807, 2.05) is 7.11 Å². The summed E-state index contributed by atoms with van der Waals surface area (Å²) in [6.07, 6.45) is 7.01. The number of hydrogen-bond acceptors (Lipinski definition) is 2. The van der Waals surface area contributed by atoms with E-state index in [4.69, 9.17) is 4.74 Å². The first kappa shape index (κ1) is 13.4. The molecule has 2 nitrogen and oxygen atoms in total. The molecule has 2 fully saturated rings. The zero-order valence-electron chi connectivity index (χ0n) is 12.0. The predicted octanol–water partition coefficient (Wildman–Crippen LogP) is 3.22. The van der Waals surface area contributed by atoms with E-state index in [1.165, 1.54) is 38.6 Å². The summed E-state index contributed by atoms with van der Waals surface area (Å²) in [5.41, 5.74) is 0.834. The van der Waals surface area contributed by atoms with Gasteiger partial charge in [0.05, 0.1) is 0 Å². The van der Waals surface area contributed by atoms with Gasteiger partial charge in [-0.2, -0.15) is 0 Å². The topological polar surface area (TPSA) is 21.3 Å². The van der Waals surface area contributed by atoms with Crippen LogP contribution in [-0.4, -0.2) is 25.8 Å². The van der Waals surface area contributed by atoms with Gasteiger partial charge in [0.1, 0.15) is 0 Å². The number of fused-ring (bicyclic) bond motifs is 1. The summed E-state index contributed by atoms with van der Waals surface area (Å²) in [7, 11) is 1.81. The molecule has 100 valence electrons. The Morgan fingerprint density at radius 3 is 2.41 bits per heavy atom. The van der Waals surface area contributed by atoms with Crippen molar-refractivity contribution in [2.75, 3.05) is 20.3 Å². The van der Waals surface area contributed by atoms with Crippen LogP contribution in [0.15, 0.2) is 0 Å². The van der Waals surface area contributed by atoms with Crippen molar-refractivity contribution in [3.05, 3.63) is 0 Å². The zero-order chi connectivity index (χ0) is 12.5. The minimum atomic E-state index is 0.251. The van der Waals surface area contributed by atoms with Gasteiger partial charge in [0.25, 0.3) is 0 Å². The van der Waals surface area contributed by atoms with Crippen LogP contribution in [0.4, 0.5) is 0 Å². The minimum Gasteiger partial charge on any atom is -0.385 e. The molecule has 0 saturated heterocycles. The van der Waals surface area contributed by atoms with Crippen molar-refractivity contribution in [3.63, 3.8) is 0 Å². The highest BCUT2D eigenvalue weighted by molar-refractivity contribution is 5.04. The van der Waals surface area contributed by atoms with Crippen molar-refractivity contribution in [1.82, 2.24) is 5.32 Å². The zero-order valence-corrected chi connectivity index (χ0v) is 12.0. The highest BCUT2D eigenvalue weighted by Gasteiger charge is 2.53. The van der Waals surface area contributed by atoms with Gasteiger partial charge in [0.2, 0.25) is 0 Å².